The summed E-state index contributed by atoms with van der Waals surface area (Å²) in [7, 11) is 0. The van der Waals surface area contributed by atoms with E-state index in [-0.39, 0.29) is 12.2 Å². The molecule has 0 fully saturated rings. The van der Waals surface area contributed by atoms with E-state index in [2.05, 4.69) is 15.3 Å². The van der Waals surface area contributed by atoms with Crippen molar-refractivity contribution < 1.29 is 4.79 Å². The highest BCUT2D eigenvalue weighted by Crippen LogP contribution is 2.22. The van der Waals surface area contributed by atoms with Crippen LogP contribution in [-0.2, 0) is 6.42 Å². The van der Waals surface area contributed by atoms with Crippen molar-refractivity contribution in [3.63, 3.8) is 0 Å². The number of rotatable bonds is 5. The quantitative estimate of drug-likeness (QED) is 0.711. The number of anilines is 2. The van der Waals surface area contributed by atoms with Gasteiger partial charge >= 0.3 is 0 Å². The van der Waals surface area contributed by atoms with Crippen molar-refractivity contribution in [2.24, 2.45) is 0 Å². The Bertz CT molecular complexity index is 804. The van der Waals surface area contributed by atoms with Crippen molar-refractivity contribution in [1.29, 1.82) is 0 Å². The van der Waals surface area contributed by atoms with Crippen LogP contribution in [0.4, 0.5) is 11.4 Å². The van der Waals surface area contributed by atoms with Gasteiger partial charge in [-0.15, -0.1) is 0 Å². The minimum Gasteiger partial charge on any atom is -0.354 e. The van der Waals surface area contributed by atoms with Gasteiger partial charge in [0.05, 0.1) is 11.9 Å². The second kappa shape index (κ2) is 7.03. The lowest BCUT2D eigenvalue weighted by Crippen LogP contribution is -2.06. The van der Waals surface area contributed by atoms with Gasteiger partial charge < -0.3 is 5.32 Å². The maximum atomic E-state index is 12.4. The van der Waals surface area contributed by atoms with E-state index < -0.39 is 0 Å². The van der Waals surface area contributed by atoms with Crippen LogP contribution in [0.5, 0.6) is 0 Å². The predicted molar refractivity (Wildman–Crippen MR) is 91.2 cm³/mol. The van der Waals surface area contributed by atoms with Gasteiger partial charge in [0.15, 0.2) is 5.78 Å². The molecule has 3 aromatic rings. The Morgan fingerprint density at radius 3 is 2.52 bits per heavy atom. The van der Waals surface area contributed by atoms with Crippen LogP contribution in [0.15, 0.2) is 67.3 Å². The smallest absolute Gasteiger partial charge is 0.168 e. The topological polar surface area (TPSA) is 54.9 Å². The molecule has 23 heavy (non-hydrogen) atoms. The third kappa shape index (κ3) is 3.93. The number of hydrogen-bond donors (Lipinski definition) is 1. The fourth-order valence-electron chi connectivity index (χ4n) is 2.18. The van der Waals surface area contributed by atoms with Gasteiger partial charge in [0.1, 0.15) is 0 Å². The van der Waals surface area contributed by atoms with Crippen molar-refractivity contribution in [2.75, 3.05) is 5.32 Å². The molecule has 114 valence electrons. The third-order valence-corrected chi connectivity index (χ3v) is 3.62. The monoisotopic (exact) mass is 323 g/mol. The summed E-state index contributed by atoms with van der Waals surface area (Å²) >= 11 is 5.89. The summed E-state index contributed by atoms with van der Waals surface area (Å²) < 4.78 is 0. The largest absolute Gasteiger partial charge is 0.354 e. The molecular weight excluding hydrogens is 310 g/mol. The predicted octanol–water partition coefficient (Wildman–Crippen LogP) is 4.30. The first-order valence-electron chi connectivity index (χ1n) is 7.11. The number of aromatic nitrogens is 2. The van der Waals surface area contributed by atoms with E-state index in [1.54, 1.807) is 49.1 Å². The van der Waals surface area contributed by atoms with Crippen molar-refractivity contribution in [3.8, 4) is 0 Å². The lowest BCUT2D eigenvalue weighted by atomic mass is 10.0. The first-order chi connectivity index (χ1) is 11.2. The van der Waals surface area contributed by atoms with Crippen LogP contribution in [0.2, 0.25) is 5.02 Å². The molecule has 2 heterocycles. The summed E-state index contributed by atoms with van der Waals surface area (Å²) in [5.41, 5.74) is 3.16. The number of benzene rings is 1. The molecule has 3 rings (SSSR count). The van der Waals surface area contributed by atoms with E-state index in [4.69, 9.17) is 11.6 Å². The molecule has 0 saturated heterocycles. The summed E-state index contributed by atoms with van der Waals surface area (Å²) in [6.45, 7) is 0. The normalized spacial score (nSPS) is 10.3. The average Bonchev–Trinajstić information content (AvgIpc) is 2.59. The summed E-state index contributed by atoms with van der Waals surface area (Å²) in [5.74, 6) is 0.0171. The molecule has 0 radical (unpaired) electrons. The van der Waals surface area contributed by atoms with E-state index in [9.17, 15) is 4.79 Å². The van der Waals surface area contributed by atoms with Crippen molar-refractivity contribution in [2.45, 2.75) is 6.42 Å². The maximum Gasteiger partial charge on any atom is 0.168 e. The Balaban J connectivity index is 1.80. The number of hydrogen-bond acceptors (Lipinski definition) is 4. The minimum absolute atomic E-state index is 0.0171. The van der Waals surface area contributed by atoms with Gasteiger partial charge in [-0.25, -0.2) is 0 Å². The molecule has 0 aliphatic carbocycles. The van der Waals surface area contributed by atoms with Crippen LogP contribution in [0.25, 0.3) is 0 Å². The number of nitrogens with zero attached hydrogens (tertiary/aromatic N) is 2. The van der Waals surface area contributed by atoms with Crippen molar-refractivity contribution in [1.82, 2.24) is 9.97 Å². The minimum atomic E-state index is 0.0171. The second-order valence-electron chi connectivity index (χ2n) is 5.01. The molecule has 2 aromatic heterocycles. The van der Waals surface area contributed by atoms with E-state index in [1.807, 2.05) is 18.2 Å². The zero-order chi connectivity index (χ0) is 16.1. The molecule has 0 saturated carbocycles. The van der Waals surface area contributed by atoms with Gasteiger partial charge in [0, 0.05) is 41.3 Å². The van der Waals surface area contributed by atoms with Crippen LogP contribution in [0.3, 0.4) is 0 Å². The molecule has 0 atom stereocenters. The van der Waals surface area contributed by atoms with E-state index >= 15 is 0 Å². The van der Waals surface area contributed by atoms with E-state index in [0.717, 1.165) is 16.9 Å². The molecule has 0 unspecified atom stereocenters. The van der Waals surface area contributed by atoms with E-state index in [1.165, 1.54) is 0 Å². The summed E-state index contributed by atoms with van der Waals surface area (Å²) in [5, 5.41) is 3.94. The van der Waals surface area contributed by atoms with Gasteiger partial charge in [-0.05, 0) is 48.0 Å². The number of halogens is 1. The Morgan fingerprint density at radius 1 is 1.00 bits per heavy atom. The van der Waals surface area contributed by atoms with E-state index in [0.29, 0.717) is 10.6 Å². The Kier molecular flexibility index (Phi) is 4.64. The molecular formula is C18H14ClN3O. The number of ketones is 1. The number of Topliss-reactive ketones (excluding diaryl/α,β-unsaturated/α-hetero) is 1. The van der Waals surface area contributed by atoms with Crippen LogP contribution >= 0.6 is 11.6 Å². The van der Waals surface area contributed by atoms with Crippen molar-refractivity contribution >= 4 is 28.8 Å². The highest BCUT2D eigenvalue weighted by atomic mass is 35.5. The van der Waals surface area contributed by atoms with Gasteiger partial charge in [0.25, 0.3) is 0 Å². The third-order valence-electron chi connectivity index (χ3n) is 3.37. The SMILES string of the molecule is O=C(Cc1ccncc1Nc1ccc(Cl)cc1)c1cccnc1. The molecule has 0 amide bonds. The fourth-order valence-corrected chi connectivity index (χ4v) is 2.31. The second-order valence-corrected chi connectivity index (χ2v) is 5.44. The first kappa shape index (κ1) is 15.2. The molecule has 1 N–H and O–H groups in total. The van der Waals surface area contributed by atoms with Crippen LogP contribution in [0, 0.1) is 0 Å². The molecule has 4 nitrogen and oxygen atoms in total. The lowest BCUT2D eigenvalue weighted by Gasteiger charge is -2.11. The number of carbonyl (C=O) groups excluding carboxylic acids is 1. The zero-order valence-corrected chi connectivity index (χ0v) is 13.0. The lowest BCUT2D eigenvalue weighted by molar-refractivity contribution is 0.0992. The molecule has 0 aliphatic heterocycles. The molecule has 0 bridgehead atoms. The summed E-state index contributed by atoms with van der Waals surface area (Å²) in [6, 6.07) is 12.7. The number of carbonyl (C=O) groups is 1. The zero-order valence-electron chi connectivity index (χ0n) is 12.2. The standard InChI is InChI=1S/C18H14ClN3O/c19-15-3-5-16(6-4-15)22-17-12-21-9-7-13(17)10-18(23)14-2-1-8-20-11-14/h1-9,11-12,22H,10H2. The summed E-state index contributed by atoms with van der Waals surface area (Å²) in [4.78, 5) is 20.5. The molecule has 5 heteroatoms. The van der Waals surface area contributed by atoms with Crippen LogP contribution in [0.1, 0.15) is 15.9 Å². The maximum absolute atomic E-state index is 12.4. The fraction of sp³-hybridized carbons (Fsp3) is 0.0556. The number of nitrogens with one attached hydrogen (secondary N) is 1. The van der Waals surface area contributed by atoms with Gasteiger partial charge in [-0.3, -0.25) is 14.8 Å². The van der Waals surface area contributed by atoms with Gasteiger partial charge in [-0.2, -0.15) is 0 Å². The molecule has 1 aromatic carbocycles. The molecule has 0 spiro atoms. The Morgan fingerprint density at radius 2 is 1.78 bits per heavy atom. The van der Waals surface area contributed by atoms with Crippen LogP contribution in [-0.4, -0.2) is 15.8 Å². The van der Waals surface area contributed by atoms with Crippen LogP contribution < -0.4 is 5.32 Å². The average molecular weight is 324 g/mol. The Hall–Kier alpha value is -2.72. The van der Waals surface area contributed by atoms with Gasteiger partial charge in [-0.1, -0.05) is 11.6 Å². The van der Waals surface area contributed by atoms with Gasteiger partial charge in [0.2, 0.25) is 0 Å². The summed E-state index contributed by atoms with van der Waals surface area (Å²) in [6.07, 6.45) is 6.90. The van der Waals surface area contributed by atoms with Crippen molar-refractivity contribution in [3.05, 3.63) is 83.4 Å². The highest BCUT2D eigenvalue weighted by Gasteiger charge is 2.10. The number of pyridine rings is 2. The first-order valence-corrected chi connectivity index (χ1v) is 7.49. The highest BCUT2D eigenvalue weighted by molar-refractivity contribution is 6.30. The Labute approximate surface area is 139 Å². The molecule has 0 aliphatic rings.